The summed E-state index contributed by atoms with van der Waals surface area (Å²) < 4.78 is 2.03. The summed E-state index contributed by atoms with van der Waals surface area (Å²) >= 11 is 2.25. The molecule has 166 valence electrons. The second kappa shape index (κ2) is 10.0. The van der Waals surface area contributed by atoms with E-state index < -0.39 is 5.91 Å². The molecule has 8 nitrogen and oxygen atoms in total. The predicted octanol–water partition coefficient (Wildman–Crippen LogP) is 3.55. The third-order valence-corrected chi connectivity index (χ3v) is 5.81. The fourth-order valence-electron chi connectivity index (χ4n) is 3.08. The molecule has 0 bridgehead atoms. The monoisotopic (exact) mass is 544 g/mol. The highest BCUT2D eigenvalue weighted by molar-refractivity contribution is 14.1. The van der Waals surface area contributed by atoms with Crippen LogP contribution in [0, 0.1) is 13.8 Å². The standard InChI is InChI=1S/C23H25IN6O2/c1-14-12-17(29(3)4)10-11-18(14)25-20(21-28-27-15(2)23(32)30(21)5)22(31)26-19-9-7-6-8-16(19)13-24/h6-12H,13H2,1-5H3,(H,26,31). The Bertz CT molecular complexity index is 1250. The Morgan fingerprint density at radius 2 is 1.88 bits per heavy atom. The first-order valence-electron chi connectivity index (χ1n) is 9.95. The largest absolute Gasteiger partial charge is 0.378 e. The van der Waals surface area contributed by atoms with Crippen molar-refractivity contribution in [3.8, 4) is 0 Å². The number of alkyl halides is 1. The number of hydrogen-bond acceptors (Lipinski definition) is 6. The summed E-state index contributed by atoms with van der Waals surface area (Å²) in [5, 5.41) is 11.0. The van der Waals surface area contributed by atoms with Gasteiger partial charge in [-0.1, -0.05) is 40.8 Å². The van der Waals surface area contributed by atoms with E-state index in [-0.39, 0.29) is 22.8 Å². The minimum absolute atomic E-state index is 0.0149. The molecule has 0 unspecified atom stereocenters. The summed E-state index contributed by atoms with van der Waals surface area (Å²) in [6.45, 7) is 3.50. The number of aryl methyl sites for hydroxylation is 2. The molecule has 3 aromatic rings. The van der Waals surface area contributed by atoms with Crippen LogP contribution in [0.2, 0.25) is 0 Å². The topological polar surface area (TPSA) is 92.5 Å². The molecule has 0 atom stereocenters. The van der Waals surface area contributed by atoms with Gasteiger partial charge in [0.2, 0.25) is 0 Å². The lowest BCUT2D eigenvalue weighted by Crippen LogP contribution is -2.34. The van der Waals surface area contributed by atoms with Crippen molar-refractivity contribution >= 4 is 51.3 Å². The predicted molar refractivity (Wildman–Crippen MR) is 137 cm³/mol. The van der Waals surface area contributed by atoms with Crippen LogP contribution in [-0.2, 0) is 16.3 Å². The van der Waals surface area contributed by atoms with E-state index in [1.165, 1.54) is 4.57 Å². The fraction of sp³-hybridized carbons (Fsp3) is 0.261. The maximum atomic E-state index is 13.4. The number of carbonyl (C=O) groups excluding carboxylic acids is 1. The lowest BCUT2D eigenvalue weighted by molar-refractivity contribution is -0.110. The molecule has 1 heterocycles. The molecule has 2 aromatic carbocycles. The maximum absolute atomic E-state index is 13.4. The van der Waals surface area contributed by atoms with Crippen LogP contribution in [0.5, 0.6) is 0 Å². The number of amides is 1. The number of rotatable bonds is 6. The van der Waals surface area contributed by atoms with Crippen LogP contribution >= 0.6 is 22.6 Å². The van der Waals surface area contributed by atoms with E-state index >= 15 is 0 Å². The average molecular weight is 544 g/mol. The number of hydrogen-bond donors (Lipinski definition) is 1. The van der Waals surface area contributed by atoms with Gasteiger partial charge in [0, 0.05) is 36.9 Å². The SMILES string of the molecule is Cc1cc(N(C)C)ccc1N=C(C(=O)Nc1ccccc1CI)c1nnc(C)c(=O)n1C. The molecule has 9 heteroatoms. The molecular weight excluding hydrogens is 519 g/mol. The van der Waals surface area contributed by atoms with Gasteiger partial charge in [0.15, 0.2) is 11.5 Å². The van der Waals surface area contributed by atoms with Crippen molar-refractivity contribution in [2.24, 2.45) is 12.0 Å². The Morgan fingerprint density at radius 1 is 1.16 bits per heavy atom. The highest BCUT2D eigenvalue weighted by Gasteiger charge is 2.22. The van der Waals surface area contributed by atoms with E-state index in [2.05, 4.69) is 43.1 Å². The third-order valence-electron chi connectivity index (χ3n) is 4.99. The second-order valence-electron chi connectivity index (χ2n) is 7.54. The number of para-hydroxylation sites is 1. The Labute approximate surface area is 200 Å². The van der Waals surface area contributed by atoms with Crippen LogP contribution in [0.1, 0.15) is 22.6 Å². The molecule has 3 rings (SSSR count). The van der Waals surface area contributed by atoms with Crippen LogP contribution in [0.25, 0.3) is 0 Å². The number of benzene rings is 2. The molecule has 0 saturated heterocycles. The first-order chi connectivity index (χ1) is 15.2. The lowest BCUT2D eigenvalue weighted by atomic mass is 10.1. The normalized spacial score (nSPS) is 11.4. The van der Waals surface area contributed by atoms with E-state index in [9.17, 15) is 9.59 Å². The fourth-order valence-corrected chi connectivity index (χ4v) is 3.75. The van der Waals surface area contributed by atoms with Crippen molar-refractivity contribution in [3.05, 3.63) is 75.5 Å². The third kappa shape index (κ3) is 5.04. The second-order valence-corrected chi connectivity index (χ2v) is 8.31. The number of nitrogens with one attached hydrogen (secondary N) is 1. The molecule has 1 amide bonds. The Balaban J connectivity index is 2.14. The summed E-state index contributed by atoms with van der Waals surface area (Å²) in [5.74, 6) is -0.368. The van der Waals surface area contributed by atoms with E-state index in [0.717, 1.165) is 21.2 Å². The minimum atomic E-state index is -0.466. The number of anilines is 2. The van der Waals surface area contributed by atoms with Crippen LogP contribution in [-0.4, -0.2) is 40.5 Å². The Hall–Kier alpha value is -3.08. The zero-order chi connectivity index (χ0) is 23.4. The van der Waals surface area contributed by atoms with Crippen LogP contribution in [0.15, 0.2) is 52.3 Å². The Kier molecular flexibility index (Phi) is 7.39. The summed E-state index contributed by atoms with van der Waals surface area (Å²) in [7, 11) is 5.47. The molecule has 0 fully saturated rings. The van der Waals surface area contributed by atoms with Crippen LogP contribution in [0.3, 0.4) is 0 Å². The first-order valence-corrected chi connectivity index (χ1v) is 11.5. The smallest absolute Gasteiger partial charge is 0.278 e. The van der Waals surface area contributed by atoms with Crippen molar-refractivity contribution in [3.63, 3.8) is 0 Å². The molecule has 0 aliphatic heterocycles. The van der Waals surface area contributed by atoms with E-state index in [1.54, 1.807) is 14.0 Å². The Morgan fingerprint density at radius 3 is 2.53 bits per heavy atom. The van der Waals surface area contributed by atoms with Crippen molar-refractivity contribution in [2.75, 3.05) is 24.3 Å². The molecule has 1 N–H and O–H groups in total. The highest BCUT2D eigenvalue weighted by Crippen LogP contribution is 2.25. The van der Waals surface area contributed by atoms with Gasteiger partial charge in [0.25, 0.3) is 11.5 Å². The molecule has 32 heavy (non-hydrogen) atoms. The highest BCUT2D eigenvalue weighted by atomic mass is 127. The molecule has 0 saturated carbocycles. The van der Waals surface area contributed by atoms with E-state index in [0.29, 0.717) is 11.4 Å². The summed E-state index contributed by atoms with van der Waals surface area (Å²) in [4.78, 5) is 32.5. The van der Waals surface area contributed by atoms with Gasteiger partial charge in [-0.05, 0) is 49.2 Å². The number of aliphatic imine (C=N–C) groups is 1. The molecule has 1 aromatic heterocycles. The summed E-state index contributed by atoms with van der Waals surface area (Å²) in [5.41, 5.74) is 4.12. The molecule has 0 aliphatic carbocycles. The quantitative estimate of drug-likeness (QED) is 0.291. The van der Waals surface area contributed by atoms with Gasteiger partial charge < -0.3 is 10.2 Å². The molecule has 0 spiro atoms. The summed E-state index contributed by atoms with van der Waals surface area (Å²) in [6, 6.07) is 13.3. The van der Waals surface area contributed by atoms with Crippen molar-refractivity contribution in [1.29, 1.82) is 0 Å². The van der Waals surface area contributed by atoms with Crippen LogP contribution < -0.4 is 15.8 Å². The van der Waals surface area contributed by atoms with E-state index in [4.69, 9.17) is 0 Å². The lowest BCUT2D eigenvalue weighted by Gasteiger charge is -2.15. The van der Waals surface area contributed by atoms with Gasteiger partial charge in [-0.2, -0.15) is 0 Å². The number of halogens is 1. The van der Waals surface area contributed by atoms with Gasteiger partial charge in [-0.3, -0.25) is 14.2 Å². The van der Waals surface area contributed by atoms with Crippen molar-refractivity contribution in [2.45, 2.75) is 18.3 Å². The zero-order valence-corrected chi connectivity index (χ0v) is 20.8. The first kappa shape index (κ1) is 23.6. The molecular formula is C23H25IN6O2. The van der Waals surface area contributed by atoms with Gasteiger partial charge >= 0.3 is 0 Å². The zero-order valence-electron chi connectivity index (χ0n) is 18.7. The minimum Gasteiger partial charge on any atom is -0.378 e. The maximum Gasteiger partial charge on any atom is 0.278 e. The van der Waals surface area contributed by atoms with Gasteiger partial charge in [-0.15, -0.1) is 10.2 Å². The van der Waals surface area contributed by atoms with Crippen molar-refractivity contribution < 1.29 is 4.79 Å². The molecule has 0 radical (unpaired) electrons. The van der Waals surface area contributed by atoms with Crippen LogP contribution in [0.4, 0.5) is 17.1 Å². The van der Waals surface area contributed by atoms with Gasteiger partial charge in [0.05, 0.1) is 5.69 Å². The van der Waals surface area contributed by atoms with Gasteiger partial charge in [-0.25, -0.2) is 4.99 Å². The number of carbonyl (C=O) groups is 1. The number of aromatic nitrogens is 3. The summed E-state index contributed by atoms with van der Waals surface area (Å²) in [6.07, 6.45) is 0. The number of nitrogens with zero attached hydrogens (tertiary/aromatic N) is 5. The van der Waals surface area contributed by atoms with Gasteiger partial charge in [0.1, 0.15) is 5.69 Å². The van der Waals surface area contributed by atoms with Crippen molar-refractivity contribution in [1.82, 2.24) is 14.8 Å². The molecule has 0 aliphatic rings. The average Bonchev–Trinajstić information content (AvgIpc) is 2.77. The van der Waals surface area contributed by atoms with E-state index in [1.807, 2.05) is 68.4 Å².